The summed E-state index contributed by atoms with van der Waals surface area (Å²) >= 11 is 0. The summed E-state index contributed by atoms with van der Waals surface area (Å²) in [5, 5.41) is 3.41. The van der Waals surface area contributed by atoms with Crippen LogP contribution in [0.25, 0.3) is 6.08 Å². The van der Waals surface area contributed by atoms with Gasteiger partial charge in [-0.1, -0.05) is 31.6 Å². The van der Waals surface area contributed by atoms with Crippen LogP contribution in [0.2, 0.25) is 0 Å². The Labute approximate surface area is 123 Å². The van der Waals surface area contributed by atoms with Crippen molar-refractivity contribution < 1.29 is 9.47 Å². The molecule has 0 aromatic heterocycles. The van der Waals surface area contributed by atoms with Crippen LogP contribution in [0, 0.1) is 0 Å². The lowest BCUT2D eigenvalue weighted by atomic mass is 10.1. The van der Waals surface area contributed by atoms with Gasteiger partial charge in [0.05, 0.1) is 13.7 Å². The molecular weight excluding hydrogens is 250 g/mol. The van der Waals surface area contributed by atoms with E-state index < -0.39 is 0 Å². The fraction of sp³-hybridized carbons (Fsp3) is 0.529. The van der Waals surface area contributed by atoms with E-state index in [0.717, 1.165) is 30.0 Å². The van der Waals surface area contributed by atoms with E-state index in [1.54, 1.807) is 7.11 Å². The van der Waals surface area contributed by atoms with Crippen LogP contribution in [-0.4, -0.2) is 26.3 Å². The van der Waals surface area contributed by atoms with Crippen LogP contribution in [0.3, 0.4) is 0 Å². The molecule has 0 bridgehead atoms. The summed E-state index contributed by atoms with van der Waals surface area (Å²) in [6.45, 7) is 10.2. The van der Waals surface area contributed by atoms with Crippen molar-refractivity contribution in [3.63, 3.8) is 0 Å². The minimum absolute atomic E-state index is 0.377. The number of hydrogen-bond acceptors (Lipinski definition) is 3. The highest BCUT2D eigenvalue weighted by Crippen LogP contribution is 2.29. The van der Waals surface area contributed by atoms with Crippen molar-refractivity contribution in [2.75, 3.05) is 20.3 Å². The second kappa shape index (κ2) is 8.64. The second-order valence-corrected chi connectivity index (χ2v) is 4.93. The van der Waals surface area contributed by atoms with Gasteiger partial charge in [-0.15, -0.1) is 0 Å². The fourth-order valence-electron chi connectivity index (χ4n) is 1.96. The monoisotopic (exact) mass is 277 g/mol. The number of ether oxygens (including phenoxy) is 2. The standard InChI is InChI=1S/C17H27NO2/c1-6-10-20-16-9-8-15(12-17(16)19-5)11-13(3)14(4)18-7-2/h8-9,11-12,14,18H,6-7,10H2,1-5H3/b13-11-. The normalized spacial score (nSPS) is 13.2. The van der Waals surface area contributed by atoms with Crippen LogP contribution in [-0.2, 0) is 0 Å². The van der Waals surface area contributed by atoms with Gasteiger partial charge in [0.25, 0.3) is 0 Å². The van der Waals surface area contributed by atoms with Gasteiger partial charge in [0.2, 0.25) is 0 Å². The summed E-state index contributed by atoms with van der Waals surface area (Å²) in [6, 6.07) is 6.44. The van der Waals surface area contributed by atoms with Crippen molar-refractivity contribution in [3.8, 4) is 11.5 Å². The summed E-state index contributed by atoms with van der Waals surface area (Å²) in [4.78, 5) is 0. The van der Waals surface area contributed by atoms with E-state index >= 15 is 0 Å². The van der Waals surface area contributed by atoms with Crippen molar-refractivity contribution in [3.05, 3.63) is 29.3 Å². The van der Waals surface area contributed by atoms with Gasteiger partial charge in [0, 0.05) is 6.04 Å². The van der Waals surface area contributed by atoms with Gasteiger partial charge in [-0.25, -0.2) is 0 Å². The maximum Gasteiger partial charge on any atom is 0.161 e. The molecule has 1 rings (SSSR count). The Hall–Kier alpha value is -1.48. The van der Waals surface area contributed by atoms with E-state index in [1.807, 2.05) is 12.1 Å². The zero-order chi connectivity index (χ0) is 15.0. The Kier molecular flexibility index (Phi) is 7.16. The van der Waals surface area contributed by atoms with Gasteiger partial charge in [0.1, 0.15) is 0 Å². The molecule has 112 valence electrons. The number of benzene rings is 1. The highest BCUT2D eigenvalue weighted by Gasteiger charge is 2.06. The SMILES string of the molecule is CCCOc1ccc(/C=C(/C)C(C)NCC)cc1OC. The van der Waals surface area contributed by atoms with Crippen LogP contribution in [0.15, 0.2) is 23.8 Å². The van der Waals surface area contributed by atoms with E-state index in [4.69, 9.17) is 9.47 Å². The first-order valence-electron chi connectivity index (χ1n) is 7.34. The van der Waals surface area contributed by atoms with Gasteiger partial charge in [0.15, 0.2) is 11.5 Å². The number of hydrogen-bond donors (Lipinski definition) is 1. The maximum atomic E-state index is 5.67. The number of likely N-dealkylation sites (N-methyl/N-ethyl adjacent to an activating group) is 1. The highest BCUT2D eigenvalue weighted by atomic mass is 16.5. The maximum absolute atomic E-state index is 5.67. The Bertz CT molecular complexity index is 441. The molecule has 1 aromatic rings. The first kappa shape index (κ1) is 16.6. The first-order chi connectivity index (χ1) is 9.62. The average molecular weight is 277 g/mol. The highest BCUT2D eigenvalue weighted by molar-refractivity contribution is 5.58. The van der Waals surface area contributed by atoms with Gasteiger partial charge in [-0.05, 0) is 44.5 Å². The molecule has 0 saturated carbocycles. The Morgan fingerprint density at radius 3 is 2.65 bits per heavy atom. The molecule has 3 nitrogen and oxygen atoms in total. The summed E-state index contributed by atoms with van der Waals surface area (Å²) in [7, 11) is 1.68. The molecule has 1 atom stereocenters. The zero-order valence-electron chi connectivity index (χ0n) is 13.3. The third-order valence-electron chi connectivity index (χ3n) is 3.24. The Morgan fingerprint density at radius 2 is 2.05 bits per heavy atom. The van der Waals surface area contributed by atoms with Crippen LogP contribution in [0.1, 0.15) is 39.7 Å². The Balaban J connectivity index is 2.89. The van der Waals surface area contributed by atoms with Crippen molar-refractivity contribution >= 4 is 6.08 Å². The minimum atomic E-state index is 0.377. The molecule has 0 heterocycles. The van der Waals surface area contributed by atoms with E-state index in [9.17, 15) is 0 Å². The fourth-order valence-corrected chi connectivity index (χ4v) is 1.96. The third kappa shape index (κ3) is 4.89. The summed E-state index contributed by atoms with van der Waals surface area (Å²) in [6.07, 6.45) is 3.17. The second-order valence-electron chi connectivity index (χ2n) is 4.93. The van der Waals surface area contributed by atoms with Crippen LogP contribution >= 0.6 is 0 Å². The topological polar surface area (TPSA) is 30.5 Å². The van der Waals surface area contributed by atoms with Crippen LogP contribution < -0.4 is 14.8 Å². The minimum Gasteiger partial charge on any atom is -0.493 e. The molecule has 0 fully saturated rings. The molecular formula is C17H27NO2. The smallest absolute Gasteiger partial charge is 0.161 e. The molecule has 0 aliphatic heterocycles. The molecule has 0 spiro atoms. The zero-order valence-corrected chi connectivity index (χ0v) is 13.3. The number of nitrogens with one attached hydrogen (secondary N) is 1. The summed E-state index contributed by atoms with van der Waals surface area (Å²) < 4.78 is 11.1. The quantitative estimate of drug-likeness (QED) is 0.782. The average Bonchev–Trinajstić information content (AvgIpc) is 2.45. The number of methoxy groups -OCH3 is 1. The van der Waals surface area contributed by atoms with E-state index in [0.29, 0.717) is 12.6 Å². The van der Waals surface area contributed by atoms with Crippen LogP contribution in [0.4, 0.5) is 0 Å². The molecule has 0 aliphatic rings. The molecule has 1 aromatic carbocycles. The molecule has 0 amide bonds. The largest absolute Gasteiger partial charge is 0.493 e. The van der Waals surface area contributed by atoms with Gasteiger partial charge in [-0.3, -0.25) is 0 Å². The van der Waals surface area contributed by atoms with Gasteiger partial charge < -0.3 is 14.8 Å². The van der Waals surface area contributed by atoms with Crippen LogP contribution in [0.5, 0.6) is 11.5 Å². The first-order valence-corrected chi connectivity index (χ1v) is 7.34. The molecule has 1 N–H and O–H groups in total. The van der Waals surface area contributed by atoms with Crippen molar-refractivity contribution in [1.82, 2.24) is 5.32 Å². The molecule has 1 unspecified atom stereocenters. The van der Waals surface area contributed by atoms with E-state index in [1.165, 1.54) is 5.57 Å². The van der Waals surface area contributed by atoms with Crippen molar-refractivity contribution in [2.24, 2.45) is 0 Å². The molecule has 0 aliphatic carbocycles. The van der Waals surface area contributed by atoms with E-state index in [-0.39, 0.29) is 0 Å². The lowest BCUT2D eigenvalue weighted by Crippen LogP contribution is -2.26. The molecule has 0 saturated heterocycles. The lowest BCUT2D eigenvalue weighted by molar-refractivity contribution is 0.294. The van der Waals surface area contributed by atoms with Gasteiger partial charge in [-0.2, -0.15) is 0 Å². The van der Waals surface area contributed by atoms with Crippen molar-refractivity contribution in [1.29, 1.82) is 0 Å². The molecule has 20 heavy (non-hydrogen) atoms. The summed E-state index contributed by atoms with van der Waals surface area (Å²) in [5.74, 6) is 1.60. The lowest BCUT2D eigenvalue weighted by Gasteiger charge is -2.14. The van der Waals surface area contributed by atoms with Crippen molar-refractivity contribution in [2.45, 2.75) is 40.2 Å². The predicted molar refractivity (Wildman–Crippen MR) is 85.6 cm³/mol. The predicted octanol–water partition coefficient (Wildman–Crippen LogP) is 3.89. The Morgan fingerprint density at radius 1 is 1.30 bits per heavy atom. The van der Waals surface area contributed by atoms with E-state index in [2.05, 4.69) is 45.2 Å². The summed E-state index contributed by atoms with van der Waals surface area (Å²) in [5.41, 5.74) is 2.43. The third-order valence-corrected chi connectivity index (χ3v) is 3.24. The molecule has 3 heteroatoms. The molecule has 0 radical (unpaired) electrons. The van der Waals surface area contributed by atoms with Gasteiger partial charge >= 0.3 is 0 Å². The number of rotatable bonds is 8.